The van der Waals surface area contributed by atoms with Gasteiger partial charge < -0.3 is 16.4 Å². The minimum Gasteiger partial charge on any atom is -0.353 e. The highest BCUT2D eigenvalue weighted by Crippen LogP contribution is 2.24. The van der Waals surface area contributed by atoms with Crippen molar-refractivity contribution in [3.05, 3.63) is 35.6 Å². The molecule has 126 valence electrons. The van der Waals surface area contributed by atoms with Gasteiger partial charge in [-0.1, -0.05) is 25.1 Å². The summed E-state index contributed by atoms with van der Waals surface area (Å²) < 4.78 is 13.9. The SMILES string of the molecule is CC1CCC(NC(=O)CC(NC(N)=O)c2ccccc2F)CC1. The van der Waals surface area contributed by atoms with Crippen LogP contribution < -0.4 is 16.4 Å². The lowest BCUT2D eigenvalue weighted by molar-refractivity contribution is -0.122. The third kappa shape index (κ3) is 5.23. The lowest BCUT2D eigenvalue weighted by Gasteiger charge is -2.27. The van der Waals surface area contributed by atoms with E-state index in [1.54, 1.807) is 18.2 Å². The maximum atomic E-state index is 13.9. The highest BCUT2D eigenvalue weighted by molar-refractivity contribution is 5.79. The van der Waals surface area contributed by atoms with E-state index >= 15 is 0 Å². The molecule has 4 N–H and O–H groups in total. The third-order valence-electron chi connectivity index (χ3n) is 4.37. The summed E-state index contributed by atoms with van der Waals surface area (Å²) in [5.74, 6) is 0.0305. The highest BCUT2D eigenvalue weighted by Gasteiger charge is 2.24. The number of nitrogens with two attached hydrogens (primary N) is 1. The molecule has 1 saturated carbocycles. The average molecular weight is 321 g/mol. The topological polar surface area (TPSA) is 84.2 Å². The Morgan fingerprint density at radius 2 is 1.91 bits per heavy atom. The molecule has 0 spiro atoms. The standard InChI is InChI=1S/C17H24FN3O2/c1-11-6-8-12(9-7-11)20-16(22)10-15(21-17(19)23)13-4-2-3-5-14(13)18/h2-5,11-12,15H,6-10H2,1H3,(H,20,22)(H3,19,21,23). The number of amides is 3. The average Bonchev–Trinajstić information content (AvgIpc) is 2.49. The Morgan fingerprint density at radius 1 is 1.26 bits per heavy atom. The molecule has 5 nitrogen and oxygen atoms in total. The van der Waals surface area contributed by atoms with Crippen molar-refractivity contribution in [2.75, 3.05) is 0 Å². The number of carbonyl (C=O) groups is 2. The molecule has 23 heavy (non-hydrogen) atoms. The van der Waals surface area contributed by atoms with Gasteiger partial charge in [0.05, 0.1) is 12.5 Å². The van der Waals surface area contributed by atoms with Crippen molar-refractivity contribution in [2.45, 2.75) is 51.1 Å². The van der Waals surface area contributed by atoms with Crippen molar-refractivity contribution >= 4 is 11.9 Å². The molecule has 1 atom stereocenters. The summed E-state index contributed by atoms with van der Waals surface area (Å²) in [6.45, 7) is 2.21. The number of halogens is 1. The van der Waals surface area contributed by atoms with Crippen LogP contribution in [0.3, 0.4) is 0 Å². The van der Waals surface area contributed by atoms with Crippen LogP contribution in [-0.4, -0.2) is 18.0 Å². The van der Waals surface area contributed by atoms with Crippen molar-refractivity contribution in [3.63, 3.8) is 0 Å². The highest BCUT2D eigenvalue weighted by atomic mass is 19.1. The van der Waals surface area contributed by atoms with E-state index in [2.05, 4.69) is 17.6 Å². The van der Waals surface area contributed by atoms with Crippen molar-refractivity contribution in [1.29, 1.82) is 0 Å². The van der Waals surface area contributed by atoms with E-state index < -0.39 is 17.9 Å². The fourth-order valence-corrected chi connectivity index (χ4v) is 3.04. The molecule has 1 aliphatic carbocycles. The molecule has 1 fully saturated rings. The number of hydrogen-bond donors (Lipinski definition) is 3. The van der Waals surface area contributed by atoms with E-state index in [4.69, 9.17) is 5.73 Å². The number of urea groups is 1. The van der Waals surface area contributed by atoms with Gasteiger partial charge in [-0.15, -0.1) is 0 Å². The first kappa shape index (κ1) is 17.2. The van der Waals surface area contributed by atoms with E-state index in [-0.39, 0.29) is 23.9 Å². The first-order chi connectivity index (χ1) is 11.0. The molecule has 1 unspecified atom stereocenters. The van der Waals surface area contributed by atoms with Gasteiger partial charge in [0.25, 0.3) is 0 Å². The second-order valence-electron chi connectivity index (χ2n) is 6.31. The summed E-state index contributed by atoms with van der Waals surface area (Å²) in [6, 6.07) is 4.68. The van der Waals surface area contributed by atoms with Crippen LogP contribution in [0.4, 0.5) is 9.18 Å². The van der Waals surface area contributed by atoms with Gasteiger partial charge in [0, 0.05) is 11.6 Å². The second-order valence-corrected chi connectivity index (χ2v) is 6.31. The lowest BCUT2D eigenvalue weighted by atomic mass is 9.87. The van der Waals surface area contributed by atoms with Gasteiger partial charge in [-0.05, 0) is 37.7 Å². The van der Waals surface area contributed by atoms with Crippen molar-refractivity contribution < 1.29 is 14.0 Å². The van der Waals surface area contributed by atoms with Gasteiger partial charge in [0.1, 0.15) is 5.82 Å². The minimum atomic E-state index is -0.780. The fourth-order valence-electron chi connectivity index (χ4n) is 3.04. The second kappa shape index (κ2) is 7.94. The van der Waals surface area contributed by atoms with Gasteiger partial charge in [-0.25, -0.2) is 9.18 Å². The van der Waals surface area contributed by atoms with Crippen molar-refractivity contribution in [3.8, 4) is 0 Å². The number of rotatable bonds is 5. The predicted molar refractivity (Wildman–Crippen MR) is 86.0 cm³/mol. The number of nitrogens with one attached hydrogen (secondary N) is 2. The van der Waals surface area contributed by atoms with Crippen molar-refractivity contribution in [1.82, 2.24) is 10.6 Å². The summed E-state index contributed by atoms with van der Waals surface area (Å²) in [7, 11) is 0. The molecule has 6 heteroatoms. The molecule has 2 rings (SSSR count). The van der Waals surface area contributed by atoms with Crippen LogP contribution in [-0.2, 0) is 4.79 Å². The number of hydrogen-bond acceptors (Lipinski definition) is 2. The van der Waals surface area contributed by atoms with Gasteiger partial charge >= 0.3 is 6.03 Å². The molecule has 0 aromatic heterocycles. The number of carbonyl (C=O) groups excluding carboxylic acids is 2. The smallest absolute Gasteiger partial charge is 0.312 e. The minimum absolute atomic E-state index is 0.0318. The molecule has 0 aliphatic heterocycles. The van der Waals surface area contributed by atoms with E-state index in [0.717, 1.165) is 25.7 Å². The summed E-state index contributed by atoms with van der Waals surface area (Å²) in [4.78, 5) is 23.4. The number of benzene rings is 1. The molecule has 1 aromatic carbocycles. The van der Waals surface area contributed by atoms with E-state index in [1.807, 2.05) is 0 Å². The predicted octanol–water partition coefficient (Wildman–Crippen LogP) is 2.62. The van der Waals surface area contributed by atoms with Gasteiger partial charge in [-0.2, -0.15) is 0 Å². The van der Waals surface area contributed by atoms with E-state index in [0.29, 0.717) is 5.92 Å². The van der Waals surface area contributed by atoms with E-state index in [1.165, 1.54) is 6.07 Å². The zero-order valence-electron chi connectivity index (χ0n) is 13.3. The Hall–Kier alpha value is -2.11. The van der Waals surface area contributed by atoms with Crippen LogP contribution in [0.2, 0.25) is 0 Å². The van der Waals surface area contributed by atoms with Crippen molar-refractivity contribution in [2.24, 2.45) is 11.7 Å². The largest absolute Gasteiger partial charge is 0.353 e. The monoisotopic (exact) mass is 321 g/mol. The maximum Gasteiger partial charge on any atom is 0.312 e. The van der Waals surface area contributed by atoms with Crippen LogP contribution in [0.15, 0.2) is 24.3 Å². The lowest BCUT2D eigenvalue weighted by Crippen LogP contribution is -2.41. The zero-order valence-corrected chi connectivity index (χ0v) is 13.3. The summed E-state index contributed by atoms with van der Waals surface area (Å²) in [5.41, 5.74) is 5.41. The first-order valence-corrected chi connectivity index (χ1v) is 8.05. The first-order valence-electron chi connectivity index (χ1n) is 8.05. The van der Waals surface area contributed by atoms with Crippen LogP contribution in [0.25, 0.3) is 0 Å². The molecular formula is C17H24FN3O2. The van der Waals surface area contributed by atoms with E-state index in [9.17, 15) is 14.0 Å². The van der Waals surface area contributed by atoms with Crippen LogP contribution >= 0.6 is 0 Å². The Bertz CT molecular complexity index is 557. The van der Waals surface area contributed by atoms with Gasteiger partial charge in [-0.3, -0.25) is 4.79 Å². The van der Waals surface area contributed by atoms with Crippen LogP contribution in [0.5, 0.6) is 0 Å². The summed E-state index contributed by atoms with van der Waals surface area (Å²) in [5, 5.41) is 5.43. The molecule has 0 saturated heterocycles. The zero-order chi connectivity index (χ0) is 16.8. The Morgan fingerprint density at radius 3 is 2.52 bits per heavy atom. The summed E-state index contributed by atoms with van der Waals surface area (Å²) in [6.07, 6.45) is 4.08. The quantitative estimate of drug-likeness (QED) is 0.779. The summed E-state index contributed by atoms with van der Waals surface area (Å²) >= 11 is 0. The normalized spacial score (nSPS) is 22.2. The fraction of sp³-hybridized carbons (Fsp3) is 0.529. The van der Waals surface area contributed by atoms with Gasteiger partial charge in [0.15, 0.2) is 0 Å². The Labute approximate surface area is 135 Å². The maximum absolute atomic E-state index is 13.9. The van der Waals surface area contributed by atoms with Gasteiger partial charge in [0.2, 0.25) is 5.91 Å². The molecule has 1 aliphatic rings. The molecule has 0 bridgehead atoms. The molecule has 3 amide bonds. The molecule has 0 heterocycles. The molecule has 0 radical (unpaired) electrons. The Balaban J connectivity index is 1.98. The molecule has 1 aromatic rings. The van der Waals surface area contributed by atoms with Crippen LogP contribution in [0, 0.1) is 11.7 Å². The Kier molecular flexibility index (Phi) is 5.96. The van der Waals surface area contributed by atoms with Crippen LogP contribution in [0.1, 0.15) is 50.6 Å². The molecular weight excluding hydrogens is 297 g/mol. The number of primary amides is 1. The third-order valence-corrected chi connectivity index (χ3v) is 4.37.